The molecule has 1 aliphatic rings. The first-order valence-corrected chi connectivity index (χ1v) is 10.5. The topological polar surface area (TPSA) is 117 Å². The molecule has 3 heterocycles. The van der Waals surface area contributed by atoms with Gasteiger partial charge in [-0.15, -0.1) is 0 Å². The largest absolute Gasteiger partial charge is 0.459 e. The van der Waals surface area contributed by atoms with E-state index in [-0.39, 0.29) is 17.7 Å². The number of carbonyl (C=O) groups excluding carboxylic acids is 2. The molecule has 3 rings (SSSR count). The molecule has 9 heteroatoms. The van der Waals surface area contributed by atoms with Crippen molar-refractivity contribution in [3.05, 3.63) is 24.2 Å². The van der Waals surface area contributed by atoms with Gasteiger partial charge >= 0.3 is 5.97 Å². The fourth-order valence-electron chi connectivity index (χ4n) is 3.57. The van der Waals surface area contributed by atoms with E-state index < -0.39 is 35.2 Å². The predicted molar refractivity (Wildman–Crippen MR) is 110 cm³/mol. The Bertz CT molecular complexity index is 910. The lowest BCUT2D eigenvalue weighted by Gasteiger charge is -2.31. The zero-order valence-electron chi connectivity index (χ0n) is 19.1. The molecule has 3 atom stereocenters. The molecule has 1 N–H and O–H groups in total. The number of carbonyl (C=O) groups is 2. The van der Waals surface area contributed by atoms with Crippen LogP contribution < -0.4 is 5.32 Å². The number of aromatic nitrogens is 2. The Morgan fingerprint density at radius 3 is 2.52 bits per heavy atom. The van der Waals surface area contributed by atoms with Crippen molar-refractivity contribution in [2.45, 2.75) is 72.8 Å². The molecule has 0 aliphatic carbocycles. The number of hydrogen-bond acceptors (Lipinski definition) is 8. The number of furan rings is 1. The summed E-state index contributed by atoms with van der Waals surface area (Å²) in [5, 5.41) is 7.08. The summed E-state index contributed by atoms with van der Waals surface area (Å²) in [6.45, 7) is 13.2. The van der Waals surface area contributed by atoms with Crippen LogP contribution in [0.5, 0.6) is 0 Å². The predicted octanol–water partition coefficient (Wildman–Crippen LogP) is 3.87. The van der Waals surface area contributed by atoms with Gasteiger partial charge < -0.3 is 23.7 Å². The lowest BCUT2D eigenvalue weighted by Crippen LogP contribution is -2.45. The van der Waals surface area contributed by atoms with Gasteiger partial charge in [0.1, 0.15) is 0 Å². The number of nitrogens with zero attached hydrogens (tertiary/aromatic N) is 2. The van der Waals surface area contributed by atoms with Crippen molar-refractivity contribution in [2.24, 2.45) is 17.3 Å². The van der Waals surface area contributed by atoms with Crippen molar-refractivity contribution in [1.29, 1.82) is 0 Å². The lowest BCUT2D eigenvalue weighted by atomic mass is 9.84. The SMILES string of the molecule is CC(C)C[C@@H](C(=O)NC(c1noc(-c2ccco2)n1)C(C)(C)C)C1OC(C)(C)OC1=O. The minimum Gasteiger partial charge on any atom is -0.459 e. The molecule has 2 unspecified atom stereocenters. The van der Waals surface area contributed by atoms with E-state index in [9.17, 15) is 9.59 Å². The Kier molecular flexibility index (Phi) is 6.27. The summed E-state index contributed by atoms with van der Waals surface area (Å²) in [6.07, 6.45) is 1.01. The Hall–Kier alpha value is -2.68. The number of ether oxygens (including phenoxy) is 2. The minimum atomic E-state index is -1.06. The van der Waals surface area contributed by atoms with Gasteiger partial charge in [0, 0.05) is 13.8 Å². The highest BCUT2D eigenvalue weighted by molar-refractivity contribution is 5.88. The fourth-order valence-corrected chi connectivity index (χ4v) is 3.57. The van der Waals surface area contributed by atoms with Crippen LogP contribution in [0.25, 0.3) is 11.7 Å². The molecule has 0 bridgehead atoms. The van der Waals surface area contributed by atoms with Gasteiger partial charge in [0.15, 0.2) is 17.7 Å². The maximum Gasteiger partial charge on any atom is 0.338 e. The number of rotatable bonds is 7. The molecule has 1 fully saturated rings. The second-order valence-electron chi connectivity index (χ2n) is 9.84. The van der Waals surface area contributed by atoms with Gasteiger partial charge in [-0.25, -0.2) is 4.79 Å². The number of amides is 1. The fraction of sp³-hybridized carbons (Fsp3) is 0.636. The molecule has 1 saturated heterocycles. The quantitative estimate of drug-likeness (QED) is 0.654. The van der Waals surface area contributed by atoms with Crippen LogP contribution in [0.4, 0.5) is 0 Å². The molecule has 0 aromatic carbocycles. The summed E-state index contributed by atoms with van der Waals surface area (Å²) in [5.74, 6) is -1.46. The maximum absolute atomic E-state index is 13.4. The second kappa shape index (κ2) is 8.45. The summed E-state index contributed by atoms with van der Waals surface area (Å²) in [5.41, 5.74) is -0.432. The number of nitrogens with one attached hydrogen (secondary N) is 1. The van der Waals surface area contributed by atoms with Crippen molar-refractivity contribution in [2.75, 3.05) is 0 Å². The van der Waals surface area contributed by atoms with Gasteiger partial charge in [-0.1, -0.05) is 39.8 Å². The molecule has 9 nitrogen and oxygen atoms in total. The van der Waals surface area contributed by atoms with Crippen molar-refractivity contribution in [3.8, 4) is 11.7 Å². The van der Waals surface area contributed by atoms with Gasteiger partial charge in [-0.3, -0.25) is 4.79 Å². The summed E-state index contributed by atoms with van der Waals surface area (Å²) >= 11 is 0. The average molecular weight is 434 g/mol. The lowest BCUT2D eigenvalue weighted by molar-refractivity contribution is -0.162. The molecular weight excluding hydrogens is 402 g/mol. The molecule has 170 valence electrons. The van der Waals surface area contributed by atoms with Gasteiger partial charge in [0.05, 0.1) is 18.2 Å². The third-order valence-corrected chi connectivity index (χ3v) is 5.00. The highest BCUT2D eigenvalue weighted by atomic mass is 16.8. The zero-order chi connectivity index (χ0) is 23.0. The van der Waals surface area contributed by atoms with E-state index in [1.54, 1.807) is 26.0 Å². The first-order chi connectivity index (χ1) is 14.4. The first kappa shape index (κ1) is 23.0. The summed E-state index contributed by atoms with van der Waals surface area (Å²) in [6, 6.07) is 2.87. The van der Waals surface area contributed by atoms with E-state index in [0.29, 0.717) is 18.0 Å². The normalized spacial score (nSPS) is 20.5. The summed E-state index contributed by atoms with van der Waals surface area (Å²) in [7, 11) is 0. The summed E-state index contributed by atoms with van der Waals surface area (Å²) < 4.78 is 21.7. The van der Waals surface area contributed by atoms with Crippen molar-refractivity contribution in [3.63, 3.8) is 0 Å². The minimum absolute atomic E-state index is 0.166. The van der Waals surface area contributed by atoms with Gasteiger partial charge in [-0.2, -0.15) is 4.98 Å². The van der Waals surface area contributed by atoms with E-state index >= 15 is 0 Å². The first-order valence-electron chi connectivity index (χ1n) is 10.5. The summed E-state index contributed by atoms with van der Waals surface area (Å²) in [4.78, 5) is 30.2. The van der Waals surface area contributed by atoms with Crippen molar-refractivity contribution < 1.29 is 28.0 Å². The molecule has 2 aromatic rings. The molecule has 0 spiro atoms. The number of esters is 1. The van der Waals surface area contributed by atoms with Crippen molar-refractivity contribution in [1.82, 2.24) is 15.5 Å². The van der Waals surface area contributed by atoms with Crippen LogP contribution in [0.15, 0.2) is 27.3 Å². The van der Waals surface area contributed by atoms with Crippen LogP contribution in [0.2, 0.25) is 0 Å². The van der Waals surface area contributed by atoms with Crippen LogP contribution in [0.1, 0.15) is 66.8 Å². The third kappa shape index (κ3) is 5.33. The zero-order valence-corrected chi connectivity index (χ0v) is 19.1. The van der Waals surface area contributed by atoms with Gasteiger partial charge in [0.2, 0.25) is 11.7 Å². The van der Waals surface area contributed by atoms with Crippen LogP contribution in [-0.2, 0) is 19.1 Å². The highest BCUT2D eigenvalue weighted by Crippen LogP contribution is 2.35. The van der Waals surface area contributed by atoms with E-state index in [2.05, 4.69) is 15.5 Å². The Morgan fingerprint density at radius 1 is 1.29 bits per heavy atom. The maximum atomic E-state index is 13.4. The second-order valence-corrected chi connectivity index (χ2v) is 9.84. The van der Waals surface area contributed by atoms with Gasteiger partial charge in [-0.05, 0) is 29.9 Å². The van der Waals surface area contributed by atoms with Crippen LogP contribution in [0, 0.1) is 17.3 Å². The molecule has 1 amide bonds. The molecular formula is C22H31N3O6. The molecule has 2 aromatic heterocycles. The number of hydrogen-bond donors (Lipinski definition) is 1. The number of cyclic esters (lactones) is 1. The molecule has 31 heavy (non-hydrogen) atoms. The van der Waals surface area contributed by atoms with E-state index in [1.165, 1.54) is 6.26 Å². The van der Waals surface area contributed by atoms with Crippen LogP contribution in [0.3, 0.4) is 0 Å². The Morgan fingerprint density at radius 2 is 2.00 bits per heavy atom. The third-order valence-electron chi connectivity index (χ3n) is 5.00. The Labute approximate surface area is 181 Å². The Balaban J connectivity index is 1.85. The van der Waals surface area contributed by atoms with Gasteiger partial charge in [0.25, 0.3) is 5.89 Å². The van der Waals surface area contributed by atoms with E-state index in [1.807, 2.05) is 34.6 Å². The van der Waals surface area contributed by atoms with E-state index in [4.69, 9.17) is 18.4 Å². The van der Waals surface area contributed by atoms with Crippen LogP contribution in [-0.4, -0.2) is 33.9 Å². The standard InChI is InChI=1S/C22H31N3O6/c1-12(2)11-13(15-20(27)30-22(6,7)29-15)18(26)23-16(21(3,4)5)17-24-19(31-25-17)14-9-8-10-28-14/h8-10,12-13,15-16H,11H2,1-7H3,(H,23,26)/t13-,15?,16?/m1/s1. The molecule has 0 saturated carbocycles. The smallest absolute Gasteiger partial charge is 0.338 e. The van der Waals surface area contributed by atoms with Crippen LogP contribution >= 0.6 is 0 Å². The average Bonchev–Trinajstić information content (AvgIpc) is 3.35. The highest BCUT2D eigenvalue weighted by Gasteiger charge is 2.48. The van der Waals surface area contributed by atoms with E-state index in [0.717, 1.165) is 0 Å². The monoisotopic (exact) mass is 433 g/mol. The molecule has 0 radical (unpaired) electrons. The van der Waals surface area contributed by atoms with Crippen molar-refractivity contribution >= 4 is 11.9 Å². The molecule has 1 aliphatic heterocycles.